The minimum atomic E-state index is -0.354. The molecule has 0 unspecified atom stereocenters. The van der Waals surface area contributed by atoms with Gasteiger partial charge in [0, 0.05) is 26.7 Å². The van der Waals surface area contributed by atoms with E-state index in [1.54, 1.807) is 11.9 Å². The minimum Gasteiger partial charge on any atom is -0.345 e. The van der Waals surface area contributed by atoms with E-state index >= 15 is 0 Å². The van der Waals surface area contributed by atoms with E-state index in [1.165, 1.54) is 18.2 Å². The van der Waals surface area contributed by atoms with Crippen molar-refractivity contribution in [2.75, 3.05) is 26.7 Å². The fraction of sp³-hybridized carbons (Fsp3) is 0.429. The van der Waals surface area contributed by atoms with Gasteiger partial charge >= 0.3 is 0 Å². The van der Waals surface area contributed by atoms with Crippen molar-refractivity contribution in [1.29, 1.82) is 5.26 Å². The van der Waals surface area contributed by atoms with Crippen LogP contribution in [0, 0.1) is 17.1 Å². The van der Waals surface area contributed by atoms with Crippen LogP contribution < -0.4 is 0 Å². The maximum Gasteiger partial charge on any atom is 0.236 e. The van der Waals surface area contributed by atoms with E-state index in [1.807, 2.05) is 4.90 Å². The topological polar surface area (TPSA) is 47.3 Å². The summed E-state index contributed by atoms with van der Waals surface area (Å²) in [6.07, 6.45) is 0.888. The SMILES string of the molecule is CN1CCCN(Cc2cc(F)ccc2C#N)CC1=O. The molecule has 1 aliphatic rings. The first-order valence-electron chi connectivity index (χ1n) is 6.25. The Labute approximate surface area is 112 Å². The van der Waals surface area contributed by atoms with Crippen LogP contribution in [0.2, 0.25) is 0 Å². The molecule has 19 heavy (non-hydrogen) atoms. The van der Waals surface area contributed by atoms with E-state index in [9.17, 15) is 9.18 Å². The third kappa shape index (κ3) is 3.30. The lowest BCUT2D eigenvalue weighted by atomic mass is 10.1. The molecule has 1 saturated heterocycles. The van der Waals surface area contributed by atoms with Gasteiger partial charge in [-0.3, -0.25) is 9.69 Å². The van der Waals surface area contributed by atoms with E-state index in [0.29, 0.717) is 24.2 Å². The van der Waals surface area contributed by atoms with Crippen molar-refractivity contribution < 1.29 is 9.18 Å². The van der Waals surface area contributed by atoms with Gasteiger partial charge in [-0.05, 0) is 30.2 Å². The predicted molar refractivity (Wildman–Crippen MR) is 68.6 cm³/mol. The van der Waals surface area contributed by atoms with E-state index in [0.717, 1.165) is 19.5 Å². The molecule has 0 aromatic heterocycles. The fourth-order valence-corrected chi connectivity index (χ4v) is 2.23. The molecule has 0 atom stereocenters. The largest absolute Gasteiger partial charge is 0.345 e. The van der Waals surface area contributed by atoms with Crippen LogP contribution >= 0.6 is 0 Å². The Kier molecular flexibility index (Phi) is 4.13. The summed E-state index contributed by atoms with van der Waals surface area (Å²) >= 11 is 0. The predicted octanol–water partition coefficient (Wildman–Crippen LogP) is 1.36. The van der Waals surface area contributed by atoms with Crippen LogP contribution in [-0.4, -0.2) is 42.4 Å². The molecular weight excluding hydrogens is 245 g/mol. The highest BCUT2D eigenvalue weighted by atomic mass is 19.1. The zero-order chi connectivity index (χ0) is 13.8. The molecule has 0 aliphatic carbocycles. The van der Waals surface area contributed by atoms with Crippen molar-refractivity contribution in [3.05, 3.63) is 35.1 Å². The molecule has 0 saturated carbocycles. The first-order valence-corrected chi connectivity index (χ1v) is 6.25. The van der Waals surface area contributed by atoms with Crippen molar-refractivity contribution >= 4 is 5.91 Å². The zero-order valence-corrected chi connectivity index (χ0v) is 10.9. The monoisotopic (exact) mass is 261 g/mol. The molecule has 1 aromatic rings. The van der Waals surface area contributed by atoms with Gasteiger partial charge < -0.3 is 4.90 Å². The van der Waals surface area contributed by atoms with Crippen LogP contribution in [0.15, 0.2) is 18.2 Å². The second-order valence-electron chi connectivity index (χ2n) is 4.79. The van der Waals surface area contributed by atoms with Crippen molar-refractivity contribution in [2.24, 2.45) is 0 Å². The van der Waals surface area contributed by atoms with Crippen LogP contribution in [0.4, 0.5) is 4.39 Å². The molecule has 2 rings (SSSR count). The van der Waals surface area contributed by atoms with Crippen molar-refractivity contribution in [3.63, 3.8) is 0 Å². The molecule has 0 bridgehead atoms. The highest BCUT2D eigenvalue weighted by Crippen LogP contribution is 2.14. The highest BCUT2D eigenvalue weighted by molar-refractivity contribution is 5.78. The molecule has 0 radical (unpaired) electrons. The average molecular weight is 261 g/mol. The number of hydrogen-bond donors (Lipinski definition) is 0. The molecule has 0 spiro atoms. The number of nitriles is 1. The number of hydrogen-bond acceptors (Lipinski definition) is 3. The lowest BCUT2D eigenvalue weighted by molar-refractivity contribution is -0.129. The van der Waals surface area contributed by atoms with Gasteiger partial charge in [-0.25, -0.2) is 4.39 Å². The van der Waals surface area contributed by atoms with Gasteiger partial charge in [-0.1, -0.05) is 0 Å². The van der Waals surface area contributed by atoms with E-state index in [2.05, 4.69) is 6.07 Å². The van der Waals surface area contributed by atoms with Gasteiger partial charge in [0.05, 0.1) is 18.2 Å². The Balaban J connectivity index is 2.14. The molecule has 1 aromatic carbocycles. The van der Waals surface area contributed by atoms with Crippen molar-refractivity contribution in [3.8, 4) is 6.07 Å². The van der Waals surface area contributed by atoms with E-state index in [4.69, 9.17) is 5.26 Å². The van der Waals surface area contributed by atoms with Crippen LogP contribution in [0.5, 0.6) is 0 Å². The van der Waals surface area contributed by atoms with Gasteiger partial charge in [-0.15, -0.1) is 0 Å². The number of benzene rings is 1. The molecule has 0 N–H and O–H groups in total. The summed E-state index contributed by atoms with van der Waals surface area (Å²) in [5.41, 5.74) is 1.10. The summed E-state index contributed by atoms with van der Waals surface area (Å²) in [7, 11) is 1.79. The van der Waals surface area contributed by atoms with Crippen LogP contribution in [-0.2, 0) is 11.3 Å². The number of carbonyl (C=O) groups is 1. The number of likely N-dealkylation sites (N-methyl/N-ethyl adjacent to an activating group) is 1. The highest BCUT2D eigenvalue weighted by Gasteiger charge is 2.19. The summed E-state index contributed by atoms with van der Waals surface area (Å²) in [5.74, 6) is -0.292. The number of rotatable bonds is 2. The Bertz CT molecular complexity index is 524. The average Bonchev–Trinajstić information content (AvgIpc) is 2.52. The Hall–Kier alpha value is -1.93. The fourth-order valence-electron chi connectivity index (χ4n) is 2.23. The second kappa shape index (κ2) is 5.81. The summed E-state index contributed by atoms with van der Waals surface area (Å²) in [6, 6.07) is 6.20. The zero-order valence-electron chi connectivity index (χ0n) is 10.9. The third-order valence-corrected chi connectivity index (χ3v) is 3.33. The minimum absolute atomic E-state index is 0.0624. The van der Waals surface area contributed by atoms with E-state index < -0.39 is 0 Å². The van der Waals surface area contributed by atoms with Gasteiger partial charge in [0.2, 0.25) is 5.91 Å². The number of halogens is 1. The lowest BCUT2D eigenvalue weighted by Gasteiger charge is -2.19. The Morgan fingerprint density at radius 1 is 1.42 bits per heavy atom. The van der Waals surface area contributed by atoms with Crippen LogP contribution in [0.1, 0.15) is 17.5 Å². The third-order valence-electron chi connectivity index (χ3n) is 3.33. The number of carbonyl (C=O) groups excluding carboxylic acids is 1. The van der Waals surface area contributed by atoms with Gasteiger partial charge in [-0.2, -0.15) is 5.26 Å². The molecular formula is C14H16FN3O. The second-order valence-corrected chi connectivity index (χ2v) is 4.79. The molecule has 100 valence electrons. The summed E-state index contributed by atoms with van der Waals surface area (Å²) < 4.78 is 13.3. The molecule has 1 amide bonds. The molecule has 1 aliphatic heterocycles. The summed E-state index contributed by atoms with van der Waals surface area (Å²) in [4.78, 5) is 15.4. The number of nitrogens with zero attached hydrogens (tertiary/aromatic N) is 3. The van der Waals surface area contributed by atoms with Gasteiger partial charge in [0.25, 0.3) is 0 Å². The van der Waals surface area contributed by atoms with E-state index in [-0.39, 0.29) is 11.7 Å². The van der Waals surface area contributed by atoms with Crippen molar-refractivity contribution in [2.45, 2.75) is 13.0 Å². The number of amides is 1. The smallest absolute Gasteiger partial charge is 0.236 e. The van der Waals surface area contributed by atoms with Gasteiger partial charge in [0.1, 0.15) is 5.82 Å². The maximum absolute atomic E-state index is 13.3. The summed E-state index contributed by atoms with van der Waals surface area (Å²) in [6.45, 7) is 2.26. The maximum atomic E-state index is 13.3. The quantitative estimate of drug-likeness (QED) is 0.807. The molecule has 1 heterocycles. The molecule has 5 heteroatoms. The molecule has 1 fully saturated rings. The standard InChI is InChI=1S/C14H16FN3O/c1-17-5-2-6-18(10-14(17)19)9-12-7-13(15)4-3-11(12)8-16/h3-4,7H,2,5-6,9-10H2,1H3. The summed E-state index contributed by atoms with van der Waals surface area (Å²) in [5, 5.41) is 9.02. The normalized spacial score (nSPS) is 17.1. The first-order chi connectivity index (χ1) is 9.10. The lowest BCUT2D eigenvalue weighted by Crippen LogP contribution is -2.34. The van der Waals surface area contributed by atoms with Crippen LogP contribution in [0.25, 0.3) is 0 Å². The van der Waals surface area contributed by atoms with Crippen LogP contribution in [0.3, 0.4) is 0 Å². The first kappa shape index (κ1) is 13.5. The van der Waals surface area contributed by atoms with Gasteiger partial charge in [0.15, 0.2) is 0 Å². The van der Waals surface area contributed by atoms with Crippen molar-refractivity contribution in [1.82, 2.24) is 9.80 Å². The Morgan fingerprint density at radius 2 is 2.21 bits per heavy atom. The Morgan fingerprint density at radius 3 is 2.95 bits per heavy atom. The molecule has 4 nitrogen and oxygen atoms in total.